The number of fused-ring (bicyclic) bond motifs is 1. The first kappa shape index (κ1) is 17.5. The summed E-state index contributed by atoms with van der Waals surface area (Å²) in [6.45, 7) is 3.76. The molecule has 1 atom stereocenters. The molecule has 3 rings (SSSR count). The number of nitrogens with zero attached hydrogens (tertiary/aromatic N) is 1. The number of nitrogens with one attached hydrogen (secondary N) is 1. The third-order valence-corrected chi connectivity index (χ3v) is 5.17. The lowest BCUT2D eigenvalue weighted by Gasteiger charge is -2.31. The second kappa shape index (κ2) is 6.89. The van der Waals surface area contributed by atoms with Crippen molar-refractivity contribution in [2.24, 2.45) is 5.92 Å². The average molecular weight is 364 g/mol. The van der Waals surface area contributed by atoms with Crippen LogP contribution in [0.1, 0.15) is 12.5 Å². The second-order valence-electron chi connectivity index (χ2n) is 6.05. The molecule has 134 valence electrons. The lowest BCUT2D eigenvalue weighted by atomic mass is 9.96. The van der Waals surface area contributed by atoms with Crippen LogP contribution in [0.3, 0.4) is 0 Å². The van der Waals surface area contributed by atoms with E-state index < -0.39 is 10.1 Å². The molecule has 7 nitrogen and oxygen atoms in total. The minimum atomic E-state index is -4.24. The number of aromatic amines is 1. The van der Waals surface area contributed by atoms with E-state index >= 15 is 0 Å². The predicted octanol–water partition coefficient (Wildman–Crippen LogP) is 1.70. The van der Waals surface area contributed by atoms with Crippen LogP contribution in [0.25, 0.3) is 0 Å². The summed E-state index contributed by atoms with van der Waals surface area (Å²) >= 11 is 0. The van der Waals surface area contributed by atoms with Crippen LogP contribution in [0, 0.1) is 5.92 Å². The lowest BCUT2D eigenvalue weighted by molar-refractivity contribution is 0.223. The maximum atomic E-state index is 12.0. The molecule has 2 aromatic rings. The van der Waals surface area contributed by atoms with Gasteiger partial charge in [0.15, 0.2) is 0 Å². The molecule has 1 unspecified atom stereocenters. The average Bonchev–Trinajstić information content (AvgIpc) is 2.59. The van der Waals surface area contributed by atoms with Gasteiger partial charge in [-0.3, -0.25) is 9.35 Å². The van der Waals surface area contributed by atoms with Crippen LogP contribution in [-0.2, 0) is 16.5 Å². The van der Waals surface area contributed by atoms with Crippen LogP contribution in [0.15, 0.2) is 46.2 Å². The summed E-state index contributed by atoms with van der Waals surface area (Å²) in [6, 6.07) is 7.97. The number of H-pyrrole nitrogens is 1. The number of pyridine rings is 1. The molecule has 0 saturated heterocycles. The maximum Gasteiger partial charge on any atom is 0.294 e. The Kier molecular flexibility index (Phi) is 4.82. The van der Waals surface area contributed by atoms with Gasteiger partial charge in [-0.25, -0.2) is 0 Å². The molecule has 0 spiro atoms. The molecular formula is C17H20N2O5S. The van der Waals surface area contributed by atoms with Crippen LogP contribution in [0.5, 0.6) is 5.75 Å². The van der Waals surface area contributed by atoms with Gasteiger partial charge in [0.05, 0.1) is 11.5 Å². The Bertz CT molecular complexity index is 923. The molecule has 2 N–H and O–H groups in total. The van der Waals surface area contributed by atoms with Gasteiger partial charge in [-0.15, -0.1) is 0 Å². The molecule has 25 heavy (non-hydrogen) atoms. The van der Waals surface area contributed by atoms with Crippen molar-refractivity contribution in [3.63, 3.8) is 0 Å². The van der Waals surface area contributed by atoms with Crippen molar-refractivity contribution >= 4 is 15.8 Å². The number of benzene rings is 1. The number of hydrogen-bond donors (Lipinski definition) is 2. The third-order valence-electron chi connectivity index (χ3n) is 4.32. The summed E-state index contributed by atoms with van der Waals surface area (Å²) in [7, 11) is -4.24. The van der Waals surface area contributed by atoms with Gasteiger partial charge in [0.25, 0.3) is 15.7 Å². The molecule has 0 bridgehead atoms. The third kappa shape index (κ3) is 3.85. The normalized spacial score (nSPS) is 16.8. The molecule has 0 aliphatic carbocycles. The molecule has 1 aromatic heterocycles. The van der Waals surface area contributed by atoms with E-state index in [2.05, 4.69) is 4.98 Å². The van der Waals surface area contributed by atoms with Gasteiger partial charge in [-0.05, 0) is 37.1 Å². The van der Waals surface area contributed by atoms with Crippen LogP contribution >= 0.6 is 0 Å². The molecule has 0 radical (unpaired) electrons. The predicted molar refractivity (Wildman–Crippen MR) is 93.9 cm³/mol. The SMILES string of the molecule is CCN(CC1COc2cc(S(=O)(=O)O)ccc2C1)c1ccc[nH]c1=O. The maximum absolute atomic E-state index is 12.0. The van der Waals surface area contributed by atoms with Crippen LogP contribution in [0.4, 0.5) is 5.69 Å². The van der Waals surface area contributed by atoms with E-state index in [1.54, 1.807) is 24.4 Å². The molecule has 1 aliphatic rings. The van der Waals surface area contributed by atoms with Crippen molar-refractivity contribution in [1.29, 1.82) is 0 Å². The topological polar surface area (TPSA) is 99.7 Å². The Labute approximate surface area is 146 Å². The molecule has 1 aliphatic heterocycles. The van der Waals surface area contributed by atoms with E-state index in [0.29, 0.717) is 37.6 Å². The molecule has 0 saturated carbocycles. The smallest absolute Gasteiger partial charge is 0.294 e. The van der Waals surface area contributed by atoms with Crippen molar-refractivity contribution in [3.8, 4) is 5.75 Å². The Morgan fingerprint density at radius 1 is 1.36 bits per heavy atom. The molecule has 8 heteroatoms. The number of hydrogen-bond acceptors (Lipinski definition) is 5. The Hall–Kier alpha value is -2.32. The standard InChI is InChI=1S/C17H20N2O5S/c1-2-19(15-4-3-7-18-17(15)20)10-12-8-13-5-6-14(25(21,22)23)9-16(13)24-11-12/h3-7,9,12H,2,8,10-11H2,1H3,(H,18,20)(H,21,22,23). The minimum Gasteiger partial charge on any atom is -0.493 e. The van der Waals surface area contributed by atoms with Crippen LogP contribution < -0.4 is 15.2 Å². The van der Waals surface area contributed by atoms with Crippen molar-refractivity contribution in [2.45, 2.75) is 18.2 Å². The van der Waals surface area contributed by atoms with E-state index in [4.69, 9.17) is 9.29 Å². The molecule has 2 heterocycles. The zero-order chi connectivity index (χ0) is 18.0. The monoisotopic (exact) mass is 364 g/mol. The fourth-order valence-corrected chi connectivity index (χ4v) is 3.56. The highest BCUT2D eigenvalue weighted by molar-refractivity contribution is 7.85. The molecule has 0 amide bonds. The fraction of sp³-hybridized carbons (Fsp3) is 0.353. The van der Waals surface area contributed by atoms with Gasteiger partial charge in [0.2, 0.25) is 0 Å². The zero-order valence-electron chi connectivity index (χ0n) is 13.8. The Balaban J connectivity index is 1.77. The molecule has 1 aromatic carbocycles. The largest absolute Gasteiger partial charge is 0.493 e. The second-order valence-corrected chi connectivity index (χ2v) is 7.47. The highest BCUT2D eigenvalue weighted by atomic mass is 32.2. The number of ether oxygens (including phenoxy) is 1. The summed E-state index contributed by atoms with van der Waals surface area (Å²) in [6.07, 6.45) is 2.31. The van der Waals surface area contributed by atoms with E-state index in [1.165, 1.54) is 12.1 Å². The first-order chi connectivity index (χ1) is 11.9. The van der Waals surface area contributed by atoms with Gasteiger partial charge >= 0.3 is 0 Å². The van der Waals surface area contributed by atoms with Gasteiger partial charge in [0, 0.05) is 31.3 Å². The Morgan fingerprint density at radius 3 is 2.84 bits per heavy atom. The first-order valence-corrected chi connectivity index (χ1v) is 9.48. The summed E-state index contributed by atoms with van der Waals surface area (Å²) in [5.74, 6) is 0.649. The van der Waals surface area contributed by atoms with Crippen molar-refractivity contribution in [1.82, 2.24) is 4.98 Å². The summed E-state index contributed by atoms with van der Waals surface area (Å²) < 4.78 is 37.3. The number of aromatic nitrogens is 1. The van der Waals surface area contributed by atoms with Gasteiger partial charge < -0.3 is 14.6 Å². The number of rotatable bonds is 5. The number of anilines is 1. The van der Waals surface area contributed by atoms with Crippen molar-refractivity contribution < 1.29 is 17.7 Å². The zero-order valence-corrected chi connectivity index (χ0v) is 14.6. The van der Waals surface area contributed by atoms with Crippen LogP contribution in [-0.4, -0.2) is 37.7 Å². The van der Waals surface area contributed by atoms with Crippen molar-refractivity contribution in [3.05, 3.63) is 52.4 Å². The van der Waals surface area contributed by atoms with Gasteiger partial charge in [0.1, 0.15) is 11.4 Å². The van der Waals surface area contributed by atoms with Crippen LogP contribution in [0.2, 0.25) is 0 Å². The summed E-state index contributed by atoms with van der Waals surface area (Å²) in [5.41, 5.74) is 1.39. The van der Waals surface area contributed by atoms with Gasteiger partial charge in [-0.2, -0.15) is 8.42 Å². The lowest BCUT2D eigenvalue weighted by Crippen LogP contribution is -2.37. The van der Waals surface area contributed by atoms with E-state index in [-0.39, 0.29) is 16.4 Å². The molecular weight excluding hydrogens is 344 g/mol. The van der Waals surface area contributed by atoms with Crippen molar-refractivity contribution in [2.75, 3.05) is 24.6 Å². The summed E-state index contributed by atoms with van der Waals surface area (Å²) in [5, 5.41) is 0. The van der Waals surface area contributed by atoms with E-state index in [1.807, 2.05) is 11.8 Å². The minimum absolute atomic E-state index is 0.126. The first-order valence-electron chi connectivity index (χ1n) is 8.04. The van der Waals surface area contributed by atoms with E-state index in [0.717, 1.165) is 5.56 Å². The highest BCUT2D eigenvalue weighted by Gasteiger charge is 2.24. The quantitative estimate of drug-likeness (QED) is 0.784. The summed E-state index contributed by atoms with van der Waals surface area (Å²) in [4.78, 5) is 16.5. The molecule has 0 fully saturated rings. The van der Waals surface area contributed by atoms with Gasteiger partial charge in [-0.1, -0.05) is 6.07 Å². The highest BCUT2D eigenvalue weighted by Crippen LogP contribution is 2.30. The fourth-order valence-electron chi connectivity index (χ4n) is 3.06. The Morgan fingerprint density at radius 2 is 2.16 bits per heavy atom. The van der Waals surface area contributed by atoms with E-state index in [9.17, 15) is 13.2 Å².